The number of halogens is 1. The fourth-order valence-electron chi connectivity index (χ4n) is 1.84. The van der Waals surface area contributed by atoms with Gasteiger partial charge < -0.3 is 9.73 Å². The third-order valence-electron chi connectivity index (χ3n) is 2.97. The number of carbonyl (C=O) groups is 1. The van der Waals surface area contributed by atoms with E-state index >= 15 is 0 Å². The van der Waals surface area contributed by atoms with E-state index < -0.39 is 0 Å². The van der Waals surface area contributed by atoms with Gasteiger partial charge in [-0.3, -0.25) is 10.1 Å². The average molecular weight is 361 g/mol. The second kappa shape index (κ2) is 7.76. The van der Waals surface area contributed by atoms with Crippen LogP contribution in [0.4, 0.5) is 10.3 Å². The molecule has 2 aromatic heterocycles. The second-order valence-electron chi connectivity index (χ2n) is 4.69. The monoisotopic (exact) mass is 360 g/mol. The van der Waals surface area contributed by atoms with Gasteiger partial charge in [0.05, 0.1) is 12.8 Å². The molecule has 0 bridgehead atoms. The van der Waals surface area contributed by atoms with Crippen molar-refractivity contribution in [1.82, 2.24) is 10.2 Å². The molecule has 122 valence electrons. The van der Waals surface area contributed by atoms with Crippen molar-refractivity contribution in [3.8, 4) is 0 Å². The summed E-state index contributed by atoms with van der Waals surface area (Å²) in [6.07, 6.45) is 4.65. The lowest BCUT2D eigenvalue weighted by atomic mass is 10.2. The van der Waals surface area contributed by atoms with Crippen LogP contribution >= 0.6 is 22.9 Å². The van der Waals surface area contributed by atoms with Crippen molar-refractivity contribution in [1.29, 1.82) is 0 Å². The molecule has 3 rings (SSSR count). The molecular weight excluding hydrogens is 348 g/mol. The number of nitrogens with one attached hydrogen (secondary N) is 2. The Morgan fingerprint density at radius 1 is 1.21 bits per heavy atom. The Morgan fingerprint density at radius 2 is 2.04 bits per heavy atom. The lowest BCUT2D eigenvalue weighted by Crippen LogP contribution is -2.07. The van der Waals surface area contributed by atoms with E-state index in [1.54, 1.807) is 18.4 Å². The highest BCUT2D eigenvalue weighted by molar-refractivity contribution is 7.19. The van der Waals surface area contributed by atoms with E-state index in [1.165, 1.54) is 17.4 Å². The highest BCUT2D eigenvalue weighted by Gasteiger charge is 2.07. The molecule has 0 unspecified atom stereocenters. The topological polar surface area (TPSA) is 80.0 Å². The van der Waals surface area contributed by atoms with Gasteiger partial charge in [0.2, 0.25) is 16.2 Å². The van der Waals surface area contributed by atoms with Crippen LogP contribution in [0.5, 0.6) is 0 Å². The first-order valence-electron chi connectivity index (χ1n) is 7.04. The lowest BCUT2D eigenvalue weighted by Gasteiger charge is -1.98. The first-order valence-corrected chi connectivity index (χ1v) is 8.23. The Kier molecular flexibility index (Phi) is 5.25. The molecule has 1 aromatic carbocycles. The number of carbonyl (C=O) groups excluding carboxylic acids is 1. The average Bonchev–Trinajstić information content (AvgIpc) is 3.24. The van der Waals surface area contributed by atoms with Gasteiger partial charge in [-0.2, -0.15) is 0 Å². The first kappa shape index (κ1) is 16.2. The summed E-state index contributed by atoms with van der Waals surface area (Å²) in [6, 6.07) is 10.9. The van der Waals surface area contributed by atoms with Crippen LogP contribution in [0.25, 0.3) is 6.08 Å². The predicted molar refractivity (Wildman–Crippen MR) is 95.1 cm³/mol. The number of furan rings is 1. The van der Waals surface area contributed by atoms with E-state index in [0.29, 0.717) is 21.8 Å². The van der Waals surface area contributed by atoms with Gasteiger partial charge in [-0.1, -0.05) is 41.1 Å². The molecule has 8 heteroatoms. The highest BCUT2D eigenvalue weighted by Crippen LogP contribution is 2.21. The van der Waals surface area contributed by atoms with Crippen molar-refractivity contribution >= 4 is 45.2 Å². The number of anilines is 2. The number of nitrogens with zero attached hydrogens (tertiary/aromatic N) is 2. The Balaban J connectivity index is 1.54. The van der Waals surface area contributed by atoms with E-state index in [1.807, 2.05) is 30.3 Å². The summed E-state index contributed by atoms with van der Waals surface area (Å²) in [5.41, 5.74) is 0.771. The Hall–Kier alpha value is -2.64. The van der Waals surface area contributed by atoms with E-state index in [9.17, 15) is 4.79 Å². The molecule has 0 aliphatic heterocycles. The minimum atomic E-state index is -0.302. The van der Waals surface area contributed by atoms with Gasteiger partial charge in [-0.05, 0) is 29.8 Å². The fraction of sp³-hybridized carbons (Fsp3) is 0.0625. The molecule has 0 spiro atoms. The maximum Gasteiger partial charge on any atom is 0.250 e. The molecule has 2 N–H and O–H groups in total. The molecular formula is C16H13ClN4O2S. The van der Waals surface area contributed by atoms with Crippen LogP contribution in [0.3, 0.4) is 0 Å². The van der Waals surface area contributed by atoms with Crippen LogP contribution in [0.1, 0.15) is 11.3 Å². The minimum absolute atomic E-state index is 0.302. The predicted octanol–water partition coefficient (Wildman–Crippen LogP) is 4.05. The van der Waals surface area contributed by atoms with Gasteiger partial charge >= 0.3 is 0 Å². The number of amides is 1. The molecule has 3 aromatic rings. The van der Waals surface area contributed by atoms with Gasteiger partial charge in [0.15, 0.2) is 0 Å². The fourth-order valence-corrected chi connectivity index (χ4v) is 2.68. The van der Waals surface area contributed by atoms with E-state index in [-0.39, 0.29) is 5.91 Å². The molecule has 2 heterocycles. The molecule has 6 nitrogen and oxygen atoms in total. The summed E-state index contributed by atoms with van der Waals surface area (Å²) in [7, 11) is 0. The summed E-state index contributed by atoms with van der Waals surface area (Å²) in [6.45, 7) is 0.502. The second-order valence-corrected chi connectivity index (χ2v) is 6.07. The number of benzene rings is 1. The van der Waals surface area contributed by atoms with Crippen molar-refractivity contribution < 1.29 is 9.21 Å². The third-order valence-corrected chi connectivity index (χ3v) is 4.11. The quantitative estimate of drug-likeness (QED) is 0.648. The third kappa shape index (κ3) is 4.43. The Labute approximate surface area is 147 Å². The van der Waals surface area contributed by atoms with Gasteiger partial charge in [0, 0.05) is 11.1 Å². The normalized spacial score (nSPS) is 10.9. The van der Waals surface area contributed by atoms with Gasteiger partial charge in [-0.15, -0.1) is 10.2 Å². The van der Waals surface area contributed by atoms with E-state index in [0.717, 1.165) is 11.3 Å². The van der Waals surface area contributed by atoms with Gasteiger partial charge in [0.25, 0.3) is 0 Å². The molecule has 0 aliphatic rings. The summed E-state index contributed by atoms with van der Waals surface area (Å²) in [4.78, 5) is 11.9. The summed E-state index contributed by atoms with van der Waals surface area (Å²) in [5.74, 6) is 0.488. The zero-order valence-electron chi connectivity index (χ0n) is 12.4. The van der Waals surface area contributed by atoms with Crippen LogP contribution in [0, 0.1) is 0 Å². The highest BCUT2D eigenvalue weighted by atomic mass is 35.5. The number of rotatable bonds is 6. The maximum absolute atomic E-state index is 11.9. The van der Waals surface area contributed by atoms with Crippen LogP contribution < -0.4 is 10.6 Å². The Morgan fingerprint density at radius 3 is 2.83 bits per heavy atom. The van der Waals surface area contributed by atoms with E-state index in [4.69, 9.17) is 16.0 Å². The van der Waals surface area contributed by atoms with Gasteiger partial charge in [-0.25, -0.2) is 0 Å². The molecule has 0 saturated heterocycles. The smallest absolute Gasteiger partial charge is 0.250 e. The number of aromatic nitrogens is 2. The largest absolute Gasteiger partial charge is 0.467 e. The lowest BCUT2D eigenvalue weighted by molar-refractivity contribution is -0.111. The number of hydrogen-bond donors (Lipinski definition) is 2. The van der Waals surface area contributed by atoms with Crippen molar-refractivity contribution in [2.24, 2.45) is 0 Å². The van der Waals surface area contributed by atoms with Crippen molar-refractivity contribution in [2.45, 2.75) is 6.54 Å². The SMILES string of the molecule is O=C(/C=C/c1ccccc1Cl)Nc1nnc(NCc2ccco2)s1. The molecule has 0 atom stereocenters. The zero-order chi connectivity index (χ0) is 16.8. The van der Waals surface area contributed by atoms with Crippen LogP contribution in [-0.2, 0) is 11.3 Å². The zero-order valence-corrected chi connectivity index (χ0v) is 14.0. The molecule has 24 heavy (non-hydrogen) atoms. The summed E-state index contributed by atoms with van der Waals surface area (Å²) >= 11 is 7.27. The van der Waals surface area contributed by atoms with E-state index in [2.05, 4.69) is 20.8 Å². The standard InChI is InChI=1S/C16H13ClN4O2S/c17-13-6-2-1-4-11(13)7-8-14(22)19-16-21-20-15(24-16)18-10-12-5-3-9-23-12/h1-9H,10H2,(H,18,20)(H,19,21,22)/b8-7+. The maximum atomic E-state index is 11.9. The minimum Gasteiger partial charge on any atom is -0.467 e. The first-order chi connectivity index (χ1) is 11.7. The van der Waals surface area contributed by atoms with Crippen LogP contribution in [-0.4, -0.2) is 16.1 Å². The Bertz CT molecular complexity index is 845. The van der Waals surface area contributed by atoms with Crippen LogP contribution in [0.15, 0.2) is 53.2 Å². The molecule has 1 amide bonds. The molecule has 0 fully saturated rings. The van der Waals surface area contributed by atoms with Gasteiger partial charge in [0.1, 0.15) is 5.76 Å². The van der Waals surface area contributed by atoms with Crippen molar-refractivity contribution in [3.05, 3.63) is 65.1 Å². The molecule has 0 radical (unpaired) electrons. The summed E-state index contributed by atoms with van der Waals surface area (Å²) in [5, 5.41) is 15.2. The molecule has 0 aliphatic carbocycles. The van der Waals surface area contributed by atoms with Crippen molar-refractivity contribution in [3.63, 3.8) is 0 Å². The van der Waals surface area contributed by atoms with Crippen LogP contribution in [0.2, 0.25) is 5.02 Å². The van der Waals surface area contributed by atoms with Crippen molar-refractivity contribution in [2.75, 3.05) is 10.6 Å². The summed E-state index contributed by atoms with van der Waals surface area (Å²) < 4.78 is 5.21. The molecule has 0 saturated carbocycles. The number of hydrogen-bond acceptors (Lipinski definition) is 6.